The van der Waals surface area contributed by atoms with Crippen molar-refractivity contribution in [3.8, 4) is 0 Å². The van der Waals surface area contributed by atoms with Gasteiger partial charge in [0, 0.05) is 0 Å². The summed E-state index contributed by atoms with van der Waals surface area (Å²) in [5.41, 5.74) is 4.13. The fraction of sp³-hybridized carbons (Fsp3) is 0.357. The van der Waals surface area contributed by atoms with Crippen LogP contribution in [-0.2, 0) is 22.9 Å². The standard InChI is InChI=1S/C14H17N4O2S.Tl/c1-21(19,20)17-12-3-2-11-4-6-18(14(11)8-12)7-5-13-9-15-10-16-13;/h2-3,8-10,17H,4-7H2,1H3;/q-1;+1. The fourth-order valence-corrected chi connectivity index (χ4v) is 4.20. The summed E-state index contributed by atoms with van der Waals surface area (Å²) in [4.78, 5) is 6.69. The summed E-state index contributed by atoms with van der Waals surface area (Å²) in [6.45, 7) is 1.87. The predicted octanol–water partition coefficient (Wildman–Crippen LogP) is 0.791. The Kier molecular flexibility index (Phi) is 4.44. The molecule has 114 valence electrons. The molecule has 6 nitrogen and oxygen atoms in total. The number of sulfonamides is 1. The van der Waals surface area contributed by atoms with Crippen LogP contribution in [-0.4, -0.2) is 61.2 Å². The average Bonchev–Trinajstić information content (AvgIpc) is 3.01. The van der Waals surface area contributed by atoms with Gasteiger partial charge in [-0.1, -0.05) is 0 Å². The van der Waals surface area contributed by atoms with Crippen molar-refractivity contribution in [2.24, 2.45) is 0 Å². The van der Waals surface area contributed by atoms with Gasteiger partial charge in [0.15, 0.2) is 0 Å². The summed E-state index contributed by atoms with van der Waals surface area (Å²) in [5, 5.41) is 0. The Morgan fingerprint density at radius 3 is 2.91 bits per heavy atom. The van der Waals surface area contributed by atoms with Gasteiger partial charge in [-0.2, -0.15) is 0 Å². The summed E-state index contributed by atoms with van der Waals surface area (Å²) < 4.78 is 27.4. The number of benzene rings is 1. The number of imidazole rings is 1. The molecule has 0 amide bonds. The van der Waals surface area contributed by atoms with E-state index in [1.807, 2.05) is 24.5 Å². The molecule has 0 radical (unpaired) electrons. The van der Waals surface area contributed by atoms with E-state index >= 15 is 0 Å². The number of nitrogens with zero attached hydrogens (tertiary/aromatic N) is 3. The van der Waals surface area contributed by atoms with E-state index in [9.17, 15) is 8.42 Å². The van der Waals surface area contributed by atoms with Gasteiger partial charge >= 0.3 is 147 Å². The Bertz CT molecular complexity index is 788. The molecule has 0 bridgehead atoms. The SMILES string of the molecule is CS(=O)(=O)Nc1ccc2c(c1)N(CCc1c[n]([Tl])cn1)CC2. The molecule has 1 aromatic carbocycles. The second-order valence-corrected chi connectivity index (χ2v) is 9.58. The van der Waals surface area contributed by atoms with Gasteiger partial charge in [0.25, 0.3) is 0 Å². The maximum absolute atomic E-state index is 11.4. The van der Waals surface area contributed by atoms with Crippen LogP contribution in [0.2, 0.25) is 0 Å². The molecule has 1 aliphatic rings. The second-order valence-electron chi connectivity index (χ2n) is 5.52. The number of rotatable bonds is 5. The van der Waals surface area contributed by atoms with Crippen molar-refractivity contribution in [3.63, 3.8) is 0 Å². The van der Waals surface area contributed by atoms with Crippen molar-refractivity contribution < 1.29 is 8.42 Å². The Hall–Kier alpha value is -1.10. The topological polar surface area (TPSA) is 67.2 Å². The molecule has 0 aliphatic carbocycles. The van der Waals surface area contributed by atoms with Crippen LogP contribution in [0.15, 0.2) is 30.7 Å². The van der Waals surface area contributed by atoms with Crippen LogP contribution in [0.5, 0.6) is 0 Å². The molecule has 2 aromatic rings. The van der Waals surface area contributed by atoms with Gasteiger partial charge in [-0.15, -0.1) is 0 Å². The molecule has 0 fully saturated rings. The van der Waals surface area contributed by atoms with Crippen molar-refractivity contribution in [1.29, 1.82) is 0 Å². The Morgan fingerprint density at radius 1 is 1.41 bits per heavy atom. The zero-order valence-electron chi connectivity index (χ0n) is 12.4. The zero-order valence-corrected chi connectivity index (χ0v) is 17.7. The van der Waals surface area contributed by atoms with Gasteiger partial charge in [-0.25, -0.2) is 0 Å². The Labute approximate surface area is 146 Å². The first-order valence-corrected chi connectivity index (χ1v) is 10.9. The summed E-state index contributed by atoms with van der Waals surface area (Å²) in [5.74, 6) is 0. The van der Waals surface area contributed by atoms with Crippen LogP contribution in [0.4, 0.5) is 11.4 Å². The van der Waals surface area contributed by atoms with E-state index in [0.29, 0.717) is 5.69 Å². The van der Waals surface area contributed by atoms with Gasteiger partial charge in [0.2, 0.25) is 0 Å². The first-order chi connectivity index (χ1) is 10.4. The number of hydrogen-bond donors (Lipinski definition) is 1. The molecule has 0 atom stereocenters. The molecular weight excluding hydrogens is 493 g/mol. The average molecular weight is 510 g/mol. The molecule has 8 heteroatoms. The first kappa shape index (κ1) is 15.8. The summed E-state index contributed by atoms with van der Waals surface area (Å²) in [6.07, 6.45) is 7.06. The van der Waals surface area contributed by atoms with Crippen LogP contribution in [0.1, 0.15) is 11.3 Å². The van der Waals surface area contributed by atoms with Gasteiger partial charge in [0.1, 0.15) is 0 Å². The van der Waals surface area contributed by atoms with Crippen molar-refractivity contribution in [2.45, 2.75) is 12.8 Å². The molecule has 1 aliphatic heterocycles. The van der Waals surface area contributed by atoms with Crippen molar-refractivity contribution in [3.05, 3.63) is 42.0 Å². The van der Waals surface area contributed by atoms with Crippen LogP contribution < -0.4 is 9.62 Å². The number of hydrogen-bond acceptors (Lipinski definition) is 4. The number of aromatic nitrogens is 2. The molecule has 0 spiro atoms. The van der Waals surface area contributed by atoms with Gasteiger partial charge in [-0.3, -0.25) is 0 Å². The molecule has 3 rings (SSSR count). The molecule has 0 saturated carbocycles. The number of anilines is 2. The van der Waals surface area contributed by atoms with E-state index in [0.717, 1.165) is 63.4 Å². The van der Waals surface area contributed by atoms with Crippen molar-refractivity contribution in [1.82, 2.24) is 7.36 Å². The van der Waals surface area contributed by atoms with Gasteiger partial charge in [-0.05, 0) is 0 Å². The second kappa shape index (κ2) is 6.19. The number of fused-ring (bicyclic) bond motifs is 1. The van der Waals surface area contributed by atoms with Crippen LogP contribution >= 0.6 is 0 Å². The third-order valence-electron chi connectivity index (χ3n) is 3.67. The fourth-order valence-electron chi connectivity index (χ4n) is 2.71. The predicted molar refractivity (Wildman–Crippen MR) is 87.9 cm³/mol. The van der Waals surface area contributed by atoms with E-state index in [-0.39, 0.29) is 0 Å². The van der Waals surface area contributed by atoms with Crippen LogP contribution in [0.25, 0.3) is 0 Å². The van der Waals surface area contributed by atoms with Crippen LogP contribution in [0.3, 0.4) is 0 Å². The van der Waals surface area contributed by atoms with Crippen LogP contribution in [0, 0.1) is 0 Å². The molecule has 2 heterocycles. The third kappa shape index (κ3) is 3.80. The van der Waals surface area contributed by atoms with E-state index in [1.165, 1.54) is 11.8 Å². The Balaban J connectivity index is 1.73. The zero-order chi connectivity index (χ0) is 15.7. The molecule has 22 heavy (non-hydrogen) atoms. The maximum atomic E-state index is 11.4. The van der Waals surface area contributed by atoms with E-state index in [2.05, 4.69) is 23.2 Å². The van der Waals surface area contributed by atoms with Crippen molar-refractivity contribution >= 4 is 47.5 Å². The summed E-state index contributed by atoms with van der Waals surface area (Å²) in [6, 6.07) is 5.76. The summed E-state index contributed by atoms with van der Waals surface area (Å²) in [7, 11) is -3.24. The Morgan fingerprint density at radius 2 is 2.23 bits per heavy atom. The molecule has 1 aromatic heterocycles. The minimum atomic E-state index is -3.24. The molecule has 0 saturated heterocycles. The van der Waals surface area contributed by atoms with E-state index < -0.39 is 10.0 Å². The summed E-state index contributed by atoms with van der Waals surface area (Å²) >= 11 is 0.753. The first-order valence-electron chi connectivity index (χ1n) is 7.04. The molecule has 1 N–H and O–H groups in total. The van der Waals surface area contributed by atoms with Gasteiger partial charge in [0.05, 0.1) is 0 Å². The third-order valence-corrected chi connectivity index (χ3v) is 5.38. The molecular formula is C14H17N4O2STl. The quantitative estimate of drug-likeness (QED) is 0.606. The van der Waals surface area contributed by atoms with E-state index in [1.54, 1.807) is 0 Å². The number of nitrogens with one attached hydrogen (secondary N) is 1. The van der Waals surface area contributed by atoms with Gasteiger partial charge < -0.3 is 0 Å². The normalized spacial score (nSPS) is 14.1. The van der Waals surface area contributed by atoms with Crippen molar-refractivity contribution in [2.75, 3.05) is 29.0 Å². The monoisotopic (exact) mass is 510 g/mol. The molecule has 0 unspecified atom stereocenters. The van der Waals surface area contributed by atoms with E-state index in [4.69, 9.17) is 0 Å². The minimum absolute atomic E-state index is 0.623.